The molecule has 3 aliphatic heterocycles. The van der Waals surface area contributed by atoms with Gasteiger partial charge in [-0.1, -0.05) is 6.92 Å². The second kappa shape index (κ2) is 6.04. The van der Waals surface area contributed by atoms with Crippen molar-refractivity contribution in [1.82, 2.24) is 20.2 Å². The second-order valence-corrected chi connectivity index (χ2v) is 8.93. The third-order valence-electron chi connectivity index (χ3n) is 6.07. The summed E-state index contributed by atoms with van der Waals surface area (Å²) in [4.78, 5) is 28.7. The van der Waals surface area contributed by atoms with Gasteiger partial charge < -0.3 is 15.1 Å². The molecule has 2 N–H and O–H groups in total. The van der Waals surface area contributed by atoms with Gasteiger partial charge in [-0.3, -0.25) is 9.35 Å². The molecule has 3 saturated heterocycles. The average molecular weight is 388 g/mol. The van der Waals surface area contributed by atoms with Crippen molar-refractivity contribution in [3.8, 4) is 0 Å². The first kappa shape index (κ1) is 18.0. The van der Waals surface area contributed by atoms with Gasteiger partial charge in [0.05, 0.1) is 6.04 Å². The van der Waals surface area contributed by atoms with Crippen molar-refractivity contribution in [3.05, 3.63) is 0 Å². The Morgan fingerprint density at radius 1 is 1.35 bits per heavy atom. The maximum absolute atomic E-state index is 12.6. The van der Waals surface area contributed by atoms with Gasteiger partial charge in [0.2, 0.25) is 5.91 Å². The summed E-state index contributed by atoms with van der Waals surface area (Å²) >= 11 is 0. The number of piperidine rings is 1. The number of hydroxylamine groups is 2. The Labute approximate surface area is 152 Å². The summed E-state index contributed by atoms with van der Waals surface area (Å²) in [7, 11) is -4.77. The van der Waals surface area contributed by atoms with Gasteiger partial charge in [0.25, 0.3) is 0 Å². The Kier molecular flexibility index (Phi) is 4.17. The van der Waals surface area contributed by atoms with Gasteiger partial charge in [-0.05, 0) is 37.6 Å². The maximum Gasteiger partial charge on any atom is 0.418 e. The van der Waals surface area contributed by atoms with Crippen LogP contribution in [-0.2, 0) is 19.5 Å². The Balaban J connectivity index is 1.32. The monoisotopic (exact) mass is 388 g/mol. The first-order valence-electron chi connectivity index (χ1n) is 8.99. The Bertz CT molecular complexity index is 714. The summed E-state index contributed by atoms with van der Waals surface area (Å²) < 4.78 is 35.0. The number of nitrogens with one attached hydrogen (secondary N) is 1. The number of hydrogen-bond donors (Lipinski definition) is 2. The summed E-state index contributed by atoms with van der Waals surface area (Å²) in [5, 5.41) is 3.69. The van der Waals surface area contributed by atoms with E-state index >= 15 is 0 Å². The number of likely N-dealkylation sites (tertiary alicyclic amines) is 1. The van der Waals surface area contributed by atoms with Crippen LogP contribution in [0.5, 0.6) is 0 Å². The lowest BCUT2D eigenvalue weighted by Crippen LogP contribution is -2.67. The normalized spacial score (nSPS) is 31.1. The van der Waals surface area contributed by atoms with Gasteiger partial charge in [0, 0.05) is 25.7 Å². The van der Waals surface area contributed by atoms with E-state index in [0.29, 0.717) is 23.3 Å². The van der Waals surface area contributed by atoms with E-state index in [1.165, 1.54) is 4.90 Å². The molecule has 2 bridgehead atoms. The van der Waals surface area contributed by atoms with Crippen LogP contribution in [0.4, 0.5) is 4.79 Å². The minimum Gasteiger partial charge on any atom is -0.352 e. The van der Waals surface area contributed by atoms with Crippen molar-refractivity contribution in [2.75, 3.05) is 26.2 Å². The van der Waals surface area contributed by atoms with Crippen molar-refractivity contribution < 1.29 is 26.8 Å². The zero-order valence-corrected chi connectivity index (χ0v) is 15.4. The third-order valence-corrected chi connectivity index (χ3v) is 6.42. The highest BCUT2D eigenvalue weighted by Crippen LogP contribution is 2.48. The van der Waals surface area contributed by atoms with Crippen LogP contribution >= 0.6 is 0 Å². The molecule has 4 fully saturated rings. The molecule has 4 rings (SSSR count). The fourth-order valence-electron chi connectivity index (χ4n) is 4.87. The topological polar surface area (TPSA) is 119 Å². The number of carbonyl (C=O) groups excluding carboxylic acids is 2. The zero-order valence-electron chi connectivity index (χ0n) is 14.6. The van der Waals surface area contributed by atoms with Crippen LogP contribution in [0.1, 0.15) is 32.6 Å². The SMILES string of the molecule is CCN1CC2(CC(NC(=O)[C@H]3CC[C@@H]4CN3C(=O)N4OS(=O)(=O)O)C2)C1. The molecule has 10 nitrogen and oxygen atoms in total. The van der Waals surface area contributed by atoms with E-state index in [2.05, 4.69) is 21.4 Å². The van der Waals surface area contributed by atoms with Crippen molar-refractivity contribution in [3.63, 3.8) is 0 Å². The maximum atomic E-state index is 12.6. The quantitative estimate of drug-likeness (QED) is 0.615. The predicted octanol–water partition coefficient (Wildman–Crippen LogP) is -0.410. The number of urea groups is 1. The molecule has 4 aliphatic rings. The molecular weight excluding hydrogens is 364 g/mol. The number of amides is 3. The molecule has 0 aromatic carbocycles. The van der Waals surface area contributed by atoms with Crippen molar-refractivity contribution >= 4 is 22.3 Å². The average Bonchev–Trinajstić information content (AvgIpc) is 2.72. The van der Waals surface area contributed by atoms with E-state index in [4.69, 9.17) is 4.55 Å². The van der Waals surface area contributed by atoms with Crippen LogP contribution in [-0.4, -0.2) is 84.1 Å². The second-order valence-electron chi connectivity index (χ2n) is 7.93. The number of hydrogen-bond acceptors (Lipinski definition) is 6. The molecule has 11 heteroatoms. The zero-order chi connectivity index (χ0) is 18.7. The van der Waals surface area contributed by atoms with E-state index in [9.17, 15) is 18.0 Å². The van der Waals surface area contributed by atoms with Crippen LogP contribution in [0.15, 0.2) is 0 Å². The van der Waals surface area contributed by atoms with Crippen LogP contribution in [0.3, 0.4) is 0 Å². The lowest BCUT2D eigenvalue weighted by Gasteiger charge is -2.59. The highest BCUT2D eigenvalue weighted by Gasteiger charge is 2.53. The predicted molar refractivity (Wildman–Crippen MR) is 89.1 cm³/mol. The lowest BCUT2D eigenvalue weighted by molar-refractivity contribution is -0.131. The molecule has 1 saturated carbocycles. The van der Waals surface area contributed by atoms with Crippen LogP contribution in [0, 0.1) is 5.41 Å². The van der Waals surface area contributed by atoms with E-state index < -0.39 is 28.5 Å². The van der Waals surface area contributed by atoms with Gasteiger partial charge in [-0.2, -0.15) is 13.5 Å². The summed E-state index contributed by atoms with van der Waals surface area (Å²) in [6.45, 7) is 5.60. The van der Waals surface area contributed by atoms with Crippen LogP contribution in [0.2, 0.25) is 0 Å². The van der Waals surface area contributed by atoms with Crippen LogP contribution < -0.4 is 5.32 Å². The third kappa shape index (κ3) is 3.06. The van der Waals surface area contributed by atoms with Gasteiger partial charge in [0.15, 0.2) is 0 Å². The molecule has 0 radical (unpaired) electrons. The molecule has 3 heterocycles. The van der Waals surface area contributed by atoms with Crippen LogP contribution in [0.25, 0.3) is 0 Å². The minimum absolute atomic E-state index is 0.141. The molecule has 3 amide bonds. The number of carbonyl (C=O) groups is 2. The molecular formula is C15H24N4O6S. The molecule has 1 aliphatic carbocycles. The minimum atomic E-state index is -4.77. The Morgan fingerprint density at radius 3 is 2.65 bits per heavy atom. The fourth-order valence-corrected chi connectivity index (χ4v) is 5.26. The Morgan fingerprint density at radius 2 is 2.04 bits per heavy atom. The molecule has 146 valence electrons. The highest BCUT2D eigenvalue weighted by molar-refractivity contribution is 7.80. The van der Waals surface area contributed by atoms with E-state index in [0.717, 1.165) is 32.5 Å². The summed E-state index contributed by atoms with van der Waals surface area (Å²) in [5.74, 6) is -0.197. The number of nitrogens with zero attached hydrogens (tertiary/aromatic N) is 3. The molecule has 0 unspecified atom stereocenters. The molecule has 1 spiro atoms. The lowest BCUT2D eigenvalue weighted by atomic mass is 9.60. The fraction of sp³-hybridized carbons (Fsp3) is 0.867. The largest absolute Gasteiger partial charge is 0.418 e. The standard InChI is InChI=1S/C15H24N4O6S/c1-2-17-8-15(9-17)5-10(6-15)16-13(20)12-4-3-11-7-18(12)14(21)19(11)25-26(22,23)24/h10-12H,2-9H2,1H3,(H,16,20)(H,22,23,24)/t11-,12-/m1/s1. The van der Waals surface area contributed by atoms with E-state index in [-0.39, 0.29) is 18.5 Å². The van der Waals surface area contributed by atoms with Gasteiger partial charge >= 0.3 is 16.4 Å². The van der Waals surface area contributed by atoms with Gasteiger partial charge in [0.1, 0.15) is 6.04 Å². The van der Waals surface area contributed by atoms with Crippen molar-refractivity contribution in [1.29, 1.82) is 0 Å². The number of rotatable bonds is 5. The molecule has 0 aromatic rings. The summed E-state index contributed by atoms with van der Waals surface area (Å²) in [5.41, 5.74) is 0.356. The first-order valence-corrected chi connectivity index (χ1v) is 10.4. The Hall–Kier alpha value is -1.43. The smallest absolute Gasteiger partial charge is 0.352 e. The highest BCUT2D eigenvalue weighted by atomic mass is 32.3. The van der Waals surface area contributed by atoms with E-state index in [1.54, 1.807) is 0 Å². The number of fused-ring (bicyclic) bond motifs is 2. The summed E-state index contributed by atoms with van der Waals surface area (Å²) in [6.07, 6.45) is 2.82. The first-order chi connectivity index (χ1) is 12.2. The summed E-state index contributed by atoms with van der Waals surface area (Å²) in [6, 6.07) is -1.66. The molecule has 26 heavy (non-hydrogen) atoms. The molecule has 2 atom stereocenters. The van der Waals surface area contributed by atoms with Gasteiger partial charge in [-0.25, -0.2) is 4.79 Å². The molecule has 0 aromatic heterocycles. The van der Waals surface area contributed by atoms with E-state index in [1.807, 2.05) is 0 Å². The van der Waals surface area contributed by atoms with Crippen molar-refractivity contribution in [2.45, 2.75) is 50.7 Å². The van der Waals surface area contributed by atoms with Crippen molar-refractivity contribution in [2.24, 2.45) is 5.41 Å². The van der Waals surface area contributed by atoms with Gasteiger partial charge in [-0.15, -0.1) is 4.28 Å².